The maximum Gasteiger partial charge on any atom is 0.262 e. The Bertz CT molecular complexity index is 865. The molecule has 0 saturated carbocycles. The first-order chi connectivity index (χ1) is 12.5. The number of carbonyl (C=O) groups is 2. The Kier molecular flexibility index (Phi) is 6.24. The van der Waals surface area contributed by atoms with Gasteiger partial charge in [-0.2, -0.15) is 0 Å². The molecule has 2 aromatic rings. The summed E-state index contributed by atoms with van der Waals surface area (Å²) in [6.45, 7) is 14.1. The van der Waals surface area contributed by atoms with Crippen molar-refractivity contribution < 1.29 is 9.59 Å². The second-order valence-corrected chi connectivity index (χ2v) is 9.39. The predicted molar refractivity (Wildman–Crippen MR) is 110 cm³/mol. The topological polar surface area (TPSA) is 84.0 Å². The largest absolute Gasteiger partial charge is 0.357 e. The van der Waals surface area contributed by atoms with E-state index in [1.54, 1.807) is 7.05 Å². The predicted octanol–water partition coefficient (Wildman–Crippen LogP) is 3.50. The van der Waals surface area contributed by atoms with E-state index in [1.807, 2.05) is 27.7 Å². The van der Waals surface area contributed by atoms with Gasteiger partial charge in [0.2, 0.25) is 5.91 Å². The van der Waals surface area contributed by atoms with Crippen molar-refractivity contribution in [3.05, 3.63) is 22.0 Å². The quantitative estimate of drug-likeness (QED) is 0.818. The van der Waals surface area contributed by atoms with Crippen LogP contribution in [0.4, 0.5) is 0 Å². The van der Waals surface area contributed by atoms with E-state index in [-0.39, 0.29) is 17.2 Å². The van der Waals surface area contributed by atoms with Crippen LogP contribution in [0.25, 0.3) is 10.2 Å². The van der Waals surface area contributed by atoms with E-state index >= 15 is 0 Å². The molecule has 0 unspecified atom stereocenters. The summed E-state index contributed by atoms with van der Waals surface area (Å²) < 4.78 is 0. The van der Waals surface area contributed by atoms with Gasteiger partial charge in [-0.05, 0) is 31.7 Å². The monoisotopic (exact) mass is 390 g/mol. The zero-order chi connectivity index (χ0) is 20.5. The molecule has 0 aliphatic carbocycles. The molecule has 0 saturated heterocycles. The molecule has 2 N–H and O–H groups in total. The summed E-state index contributed by atoms with van der Waals surface area (Å²) in [5.74, 6) is 0.644. The molecule has 0 aliphatic rings. The van der Waals surface area contributed by atoms with Crippen molar-refractivity contribution in [2.45, 2.75) is 66.3 Å². The Morgan fingerprint density at radius 2 is 1.78 bits per heavy atom. The maximum absolute atomic E-state index is 12.9. The van der Waals surface area contributed by atoms with E-state index in [9.17, 15) is 9.59 Å². The van der Waals surface area contributed by atoms with E-state index in [1.165, 1.54) is 11.3 Å². The Morgan fingerprint density at radius 1 is 1.15 bits per heavy atom. The fourth-order valence-corrected chi connectivity index (χ4v) is 4.13. The van der Waals surface area contributed by atoms with Crippen LogP contribution in [0.15, 0.2) is 0 Å². The normalized spacial score (nSPS) is 13.1. The van der Waals surface area contributed by atoms with Gasteiger partial charge < -0.3 is 10.6 Å². The fourth-order valence-electron chi connectivity index (χ4n) is 2.99. The number of thiophene rings is 1. The number of hydrogen-bond donors (Lipinski definition) is 2. The number of likely N-dealkylation sites (N-methyl/N-ethyl adjacent to an activating group) is 1. The van der Waals surface area contributed by atoms with Crippen LogP contribution in [0.1, 0.15) is 67.8 Å². The van der Waals surface area contributed by atoms with Crippen LogP contribution in [-0.2, 0) is 10.2 Å². The molecule has 2 aromatic heterocycles. The molecule has 0 radical (unpaired) electrons. The van der Waals surface area contributed by atoms with Crippen LogP contribution in [0.2, 0.25) is 0 Å². The van der Waals surface area contributed by atoms with Crippen LogP contribution in [0.5, 0.6) is 0 Å². The highest BCUT2D eigenvalue weighted by atomic mass is 32.1. The molecule has 27 heavy (non-hydrogen) atoms. The molecule has 1 atom stereocenters. The van der Waals surface area contributed by atoms with Crippen molar-refractivity contribution in [3.8, 4) is 0 Å². The second-order valence-electron chi connectivity index (χ2n) is 8.39. The van der Waals surface area contributed by atoms with Gasteiger partial charge in [-0.3, -0.25) is 9.59 Å². The highest BCUT2D eigenvalue weighted by Gasteiger charge is 2.26. The van der Waals surface area contributed by atoms with E-state index in [4.69, 9.17) is 4.98 Å². The third-order valence-corrected chi connectivity index (χ3v) is 5.61. The van der Waals surface area contributed by atoms with Crippen molar-refractivity contribution >= 4 is 33.4 Å². The van der Waals surface area contributed by atoms with E-state index in [0.29, 0.717) is 17.2 Å². The van der Waals surface area contributed by atoms with E-state index < -0.39 is 6.04 Å². The number of carbonyl (C=O) groups excluding carboxylic acids is 2. The van der Waals surface area contributed by atoms with Gasteiger partial charge in [-0.1, -0.05) is 34.6 Å². The lowest BCUT2D eigenvalue weighted by atomic mass is 9.95. The first kappa shape index (κ1) is 21.3. The zero-order valence-electron chi connectivity index (χ0n) is 17.5. The summed E-state index contributed by atoms with van der Waals surface area (Å²) in [6, 6.07) is -0.551. The molecule has 7 heteroatoms. The Morgan fingerprint density at radius 3 is 2.30 bits per heavy atom. The maximum atomic E-state index is 12.9. The minimum Gasteiger partial charge on any atom is -0.357 e. The number of nitrogens with one attached hydrogen (secondary N) is 2. The average molecular weight is 391 g/mol. The van der Waals surface area contributed by atoms with Gasteiger partial charge in [0.05, 0.1) is 10.6 Å². The standard InChI is InChI=1S/C20H30N4O2S/c1-10(2)9-13(16(25)21-8)23-17(26)15-11(3)14-12(4)22-19(20(5,6)7)24-18(14)27-15/h10,13H,9H2,1-8H3,(H,21,25)(H,23,26)/t13-/m0/s1. The highest BCUT2D eigenvalue weighted by molar-refractivity contribution is 7.20. The molecule has 0 aromatic carbocycles. The molecule has 0 spiro atoms. The summed E-state index contributed by atoms with van der Waals surface area (Å²) in [7, 11) is 1.58. The molecule has 0 bridgehead atoms. The lowest BCUT2D eigenvalue weighted by Gasteiger charge is -2.18. The minimum absolute atomic E-state index is 0.166. The summed E-state index contributed by atoms with van der Waals surface area (Å²) >= 11 is 1.36. The fraction of sp³-hybridized carbons (Fsp3) is 0.600. The number of fused-ring (bicyclic) bond motifs is 1. The molecule has 2 heterocycles. The average Bonchev–Trinajstić information content (AvgIpc) is 2.89. The molecule has 2 amide bonds. The van der Waals surface area contributed by atoms with Gasteiger partial charge in [0.25, 0.3) is 5.91 Å². The molecular formula is C20H30N4O2S. The molecular weight excluding hydrogens is 360 g/mol. The number of nitrogens with zero attached hydrogens (tertiary/aromatic N) is 2. The summed E-state index contributed by atoms with van der Waals surface area (Å²) in [6.07, 6.45) is 0.586. The number of amides is 2. The lowest BCUT2D eigenvalue weighted by molar-refractivity contribution is -0.122. The van der Waals surface area contributed by atoms with Gasteiger partial charge in [0.1, 0.15) is 16.7 Å². The van der Waals surface area contributed by atoms with E-state index in [0.717, 1.165) is 27.3 Å². The minimum atomic E-state index is -0.551. The van der Waals surface area contributed by atoms with Crippen molar-refractivity contribution in [1.29, 1.82) is 0 Å². The van der Waals surface area contributed by atoms with Crippen molar-refractivity contribution in [3.63, 3.8) is 0 Å². The molecule has 0 aliphatic heterocycles. The Hall–Kier alpha value is -2.02. The van der Waals surface area contributed by atoms with Gasteiger partial charge in [0, 0.05) is 17.8 Å². The zero-order valence-corrected chi connectivity index (χ0v) is 18.3. The van der Waals surface area contributed by atoms with Crippen LogP contribution in [0.3, 0.4) is 0 Å². The molecule has 2 rings (SSSR count). The smallest absolute Gasteiger partial charge is 0.262 e. The van der Waals surface area contributed by atoms with Gasteiger partial charge in [0.15, 0.2) is 0 Å². The Balaban J connectivity index is 2.42. The second kappa shape index (κ2) is 7.92. The van der Waals surface area contributed by atoms with Crippen LogP contribution < -0.4 is 10.6 Å². The van der Waals surface area contributed by atoms with Crippen LogP contribution >= 0.6 is 11.3 Å². The Labute approximate surface area is 165 Å². The third-order valence-electron chi connectivity index (χ3n) is 4.42. The summed E-state index contributed by atoms with van der Waals surface area (Å²) in [5.41, 5.74) is 1.58. The van der Waals surface area contributed by atoms with Crippen molar-refractivity contribution in [2.75, 3.05) is 7.05 Å². The highest BCUT2D eigenvalue weighted by Crippen LogP contribution is 2.33. The number of aromatic nitrogens is 2. The van der Waals surface area contributed by atoms with Crippen LogP contribution in [0, 0.1) is 19.8 Å². The van der Waals surface area contributed by atoms with Crippen molar-refractivity contribution in [1.82, 2.24) is 20.6 Å². The lowest BCUT2D eigenvalue weighted by Crippen LogP contribution is -2.46. The number of rotatable bonds is 5. The SMILES string of the molecule is CNC(=O)[C@H](CC(C)C)NC(=O)c1sc2nc(C(C)(C)C)nc(C)c2c1C. The first-order valence-corrected chi connectivity index (χ1v) is 10.1. The van der Waals surface area contributed by atoms with Gasteiger partial charge in [-0.25, -0.2) is 9.97 Å². The number of hydrogen-bond acceptors (Lipinski definition) is 5. The molecule has 148 valence electrons. The third kappa shape index (κ3) is 4.64. The van der Waals surface area contributed by atoms with Gasteiger partial charge >= 0.3 is 0 Å². The van der Waals surface area contributed by atoms with Crippen molar-refractivity contribution in [2.24, 2.45) is 5.92 Å². The van der Waals surface area contributed by atoms with Gasteiger partial charge in [-0.15, -0.1) is 11.3 Å². The first-order valence-electron chi connectivity index (χ1n) is 9.26. The summed E-state index contributed by atoms with van der Waals surface area (Å²) in [4.78, 5) is 35.8. The number of aryl methyl sites for hydroxylation is 2. The summed E-state index contributed by atoms with van der Waals surface area (Å²) in [5, 5.41) is 6.45. The molecule has 0 fully saturated rings. The van der Waals surface area contributed by atoms with Crippen LogP contribution in [-0.4, -0.2) is 34.9 Å². The van der Waals surface area contributed by atoms with E-state index in [2.05, 4.69) is 36.4 Å². The molecule has 6 nitrogen and oxygen atoms in total.